The molecule has 0 amide bonds. The summed E-state index contributed by atoms with van der Waals surface area (Å²) in [5.41, 5.74) is 0. The maximum Gasteiger partial charge on any atom is 0.673 e. The first-order chi connectivity index (χ1) is 6.00. The molecule has 14 heavy (non-hydrogen) atoms. The fraction of sp³-hybridized carbons (Fsp3) is 0.500. The molecular weight excluding hydrogens is 286 g/mol. The molecule has 0 aromatic carbocycles. The Kier molecular flexibility index (Phi) is 11.0. The Bertz CT molecular complexity index is 157. The maximum atomic E-state index is 9.75. The van der Waals surface area contributed by atoms with E-state index in [-0.39, 0.29) is 19.5 Å². The van der Waals surface area contributed by atoms with Crippen molar-refractivity contribution in [3.8, 4) is 0 Å². The molecule has 0 bridgehead atoms. The number of halogens is 4. The van der Waals surface area contributed by atoms with E-state index in [0.717, 1.165) is 6.42 Å². The predicted molar refractivity (Wildman–Crippen MR) is 45.6 cm³/mol. The molecule has 0 unspecified atom stereocenters. The van der Waals surface area contributed by atoms with Gasteiger partial charge in [-0.25, -0.2) is 12.2 Å². The molecule has 0 spiro atoms. The normalized spacial score (nSPS) is 15.7. The molecule has 85 valence electrons. The van der Waals surface area contributed by atoms with E-state index in [1.165, 1.54) is 19.3 Å². The summed E-state index contributed by atoms with van der Waals surface area (Å²) in [6.07, 6.45) is 14.5. The van der Waals surface area contributed by atoms with Crippen LogP contribution in [0.2, 0.25) is 0 Å². The summed E-state index contributed by atoms with van der Waals surface area (Å²) in [5, 5.41) is 0. The Labute approximate surface area is 94.3 Å². The maximum absolute atomic E-state index is 9.75. The van der Waals surface area contributed by atoms with Gasteiger partial charge in [-0.3, -0.25) is 6.08 Å². The summed E-state index contributed by atoms with van der Waals surface area (Å²) < 4.78 is 39.0. The minimum absolute atomic E-state index is 0. The molecule has 0 saturated carbocycles. The summed E-state index contributed by atoms with van der Waals surface area (Å²) in [7, 11) is -6.00. The second kappa shape index (κ2) is 9.44. The van der Waals surface area contributed by atoms with Crippen LogP contribution in [0.15, 0.2) is 18.2 Å². The van der Waals surface area contributed by atoms with Gasteiger partial charge in [0.2, 0.25) is 0 Å². The molecule has 0 N–H and O–H groups in total. The van der Waals surface area contributed by atoms with E-state index < -0.39 is 7.25 Å². The van der Waals surface area contributed by atoms with E-state index in [2.05, 4.69) is 18.2 Å². The van der Waals surface area contributed by atoms with Gasteiger partial charge in [-0.1, -0.05) is 19.3 Å². The van der Waals surface area contributed by atoms with Crippen LogP contribution >= 0.6 is 0 Å². The minimum atomic E-state index is -6.00. The molecule has 0 saturated heterocycles. The SMILES string of the molecule is F[B-](F)(F)F.[C-]1=CC=CCCCC1.[Rh]. The molecule has 0 heterocycles. The van der Waals surface area contributed by atoms with Gasteiger partial charge in [0.15, 0.2) is 0 Å². The smallest absolute Gasteiger partial charge is 0.418 e. The number of hydrogen-bond donors (Lipinski definition) is 0. The van der Waals surface area contributed by atoms with Gasteiger partial charge in [-0.2, -0.15) is 6.08 Å². The van der Waals surface area contributed by atoms with Crippen molar-refractivity contribution in [2.24, 2.45) is 0 Å². The van der Waals surface area contributed by atoms with Crippen LogP contribution in [0.5, 0.6) is 0 Å². The molecule has 0 aromatic heterocycles. The molecule has 0 fully saturated rings. The topological polar surface area (TPSA) is 0 Å². The van der Waals surface area contributed by atoms with Crippen molar-refractivity contribution < 1.29 is 36.7 Å². The summed E-state index contributed by atoms with van der Waals surface area (Å²) in [6.45, 7) is 0. The summed E-state index contributed by atoms with van der Waals surface area (Å²) in [4.78, 5) is 0. The van der Waals surface area contributed by atoms with Crippen LogP contribution in [0.1, 0.15) is 25.7 Å². The zero-order chi connectivity index (χ0) is 10.2. The Morgan fingerprint density at radius 1 is 1.07 bits per heavy atom. The van der Waals surface area contributed by atoms with E-state index in [9.17, 15) is 17.3 Å². The molecule has 0 nitrogen and oxygen atoms in total. The van der Waals surface area contributed by atoms with Crippen molar-refractivity contribution in [2.45, 2.75) is 25.7 Å². The fourth-order valence-electron chi connectivity index (χ4n) is 0.805. The quantitative estimate of drug-likeness (QED) is 0.363. The van der Waals surface area contributed by atoms with E-state index in [1.807, 2.05) is 6.08 Å². The zero-order valence-corrected chi connectivity index (χ0v) is 9.12. The third-order valence-corrected chi connectivity index (χ3v) is 1.29. The van der Waals surface area contributed by atoms with E-state index in [0.29, 0.717) is 0 Å². The number of hydrogen-bond acceptors (Lipinski definition) is 0. The third kappa shape index (κ3) is 22.7. The second-order valence-corrected chi connectivity index (χ2v) is 2.54. The second-order valence-electron chi connectivity index (χ2n) is 2.54. The molecule has 1 radical (unpaired) electrons. The van der Waals surface area contributed by atoms with Gasteiger partial charge in [0.1, 0.15) is 0 Å². The Balaban J connectivity index is 0. The molecule has 1 aliphatic rings. The average Bonchev–Trinajstić information content (AvgIpc) is 1.79. The Morgan fingerprint density at radius 3 is 2.21 bits per heavy atom. The standard InChI is InChI=1S/C8H11.BF4.Rh/c1-2-4-6-8-7-5-3-1;2-1(3,4)5;/h1-3H,4,6-8H2;;/q2*-1;. The number of allylic oxidation sites excluding steroid dienone is 4. The largest absolute Gasteiger partial charge is 0.673 e. The van der Waals surface area contributed by atoms with Crippen LogP contribution in [0.4, 0.5) is 17.3 Å². The summed E-state index contributed by atoms with van der Waals surface area (Å²) in [5.74, 6) is 0. The van der Waals surface area contributed by atoms with Crippen molar-refractivity contribution in [3.63, 3.8) is 0 Å². The monoisotopic (exact) mass is 297 g/mol. The summed E-state index contributed by atoms with van der Waals surface area (Å²) in [6, 6.07) is 0. The van der Waals surface area contributed by atoms with Gasteiger partial charge >= 0.3 is 7.25 Å². The van der Waals surface area contributed by atoms with Crippen molar-refractivity contribution in [1.82, 2.24) is 0 Å². The van der Waals surface area contributed by atoms with Gasteiger partial charge in [0.25, 0.3) is 0 Å². The van der Waals surface area contributed by atoms with Crippen molar-refractivity contribution in [3.05, 3.63) is 24.3 Å². The molecule has 0 aliphatic heterocycles. The van der Waals surface area contributed by atoms with Gasteiger partial charge in [-0.15, -0.1) is 6.42 Å². The van der Waals surface area contributed by atoms with Crippen LogP contribution in [0, 0.1) is 6.08 Å². The minimum Gasteiger partial charge on any atom is -0.418 e. The van der Waals surface area contributed by atoms with Crippen LogP contribution in [-0.2, 0) is 19.5 Å². The molecule has 1 aliphatic carbocycles. The average molecular weight is 297 g/mol. The van der Waals surface area contributed by atoms with Crippen LogP contribution in [-0.4, -0.2) is 7.25 Å². The van der Waals surface area contributed by atoms with Crippen LogP contribution < -0.4 is 0 Å². The van der Waals surface area contributed by atoms with Gasteiger partial charge < -0.3 is 17.3 Å². The van der Waals surface area contributed by atoms with Gasteiger partial charge in [0.05, 0.1) is 0 Å². The molecule has 6 heteroatoms. The first-order valence-electron chi connectivity index (χ1n) is 4.09. The zero-order valence-electron chi connectivity index (χ0n) is 7.48. The van der Waals surface area contributed by atoms with E-state index in [1.54, 1.807) is 0 Å². The molecule has 1 rings (SSSR count). The Morgan fingerprint density at radius 2 is 1.64 bits per heavy atom. The van der Waals surface area contributed by atoms with Crippen LogP contribution in [0.3, 0.4) is 0 Å². The van der Waals surface area contributed by atoms with Gasteiger partial charge in [-0.05, 0) is 0 Å². The van der Waals surface area contributed by atoms with Crippen LogP contribution in [0.25, 0.3) is 0 Å². The molecule has 0 aromatic rings. The van der Waals surface area contributed by atoms with E-state index in [4.69, 9.17) is 0 Å². The third-order valence-electron chi connectivity index (χ3n) is 1.29. The predicted octanol–water partition coefficient (Wildman–Crippen LogP) is 3.77. The fourth-order valence-corrected chi connectivity index (χ4v) is 0.805. The molecule has 0 atom stereocenters. The molecular formula is C8H11BF4Rh-2. The first kappa shape index (κ1) is 16.3. The Hall–Kier alpha value is -0.112. The van der Waals surface area contributed by atoms with E-state index >= 15 is 0 Å². The van der Waals surface area contributed by atoms with Crippen molar-refractivity contribution >= 4 is 7.25 Å². The van der Waals surface area contributed by atoms with Gasteiger partial charge in [0, 0.05) is 19.5 Å². The van der Waals surface area contributed by atoms with Crippen molar-refractivity contribution in [2.75, 3.05) is 0 Å². The first-order valence-corrected chi connectivity index (χ1v) is 4.09. The van der Waals surface area contributed by atoms with Crippen molar-refractivity contribution in [1.29, 1.82) is 0 Å². The summed E-state index contributed by atoms with van der Waals surface area (Å²) >= 11 is 0. The number of rotatable bonds is 0.